The zero-order valence-corrected chi connectivity index (χ0v) is 19.0. The molecule has 1 aliphatic rings. The minimum atomic E-state index is -0.0794. The smallest absolute Gasteiger partial charge is 0.289 e. The third kappa shape index (κ3) is 4.34. The van der Waals surface area contributed by atoms with Gasteiger partial charge in [-0.15, -0.1) is 11.3 Å². The molecule has 0 saturated carbocycles. The lowest BCUT2D eigenvalue weighted by Gasteiger charge is -2.28. The molecule has 0 atom stereocenters. The van der Waals surface area contributed by atoms with Gasteiger partial charge in [-0.2, -0.15) is 0 Å². The highest BCUT2D eigenvalue weighted by Gasteiger charge is 2.25. The van der Waals surface area contributed by atoms with Crippen molar-refractivity contribution in [1.29, 1.82) is 0 Å². The molecule has 0 N–H and O–H groups in total. The number of rotatable bonds is 6. The summed E-state index contributed by atoms with van der Waals surface area (Å²) in [4.78, 5) is 27.1. The third-order valence-electron chi connectivity index (χ3n) is 5.55. The lowest BCUT2D eigenvalue weighted by molar-refractivity contribution is 0.0391. The van der Waals surface area contributed by atoms with Crippen molar-refractivity contribution in [2.45, 2.75) is 13.3 Å². The Hall–Kier alpha value is -2.39. The number of hydrogen-bond acceptors (Lipinski definition) is 7. The Kier molecular flexibility index (Phi) is 5.95. The third-order valence-corrected chi connectivity index (χ3v) is 7.61. The molecule has 2 aromatic heterocycles. The SMILES string of the molecule is CCc1ccc2nc(N(CCN3CCOCC3)C(=O)c3nc4ccccc4s3)sc2c1. The van der Waals surface area contributed by atoms with E-state index in [1.165, 1.54) is 16.9 Å². The number of hydrogen-bond donors (Lipinski definition) is 0. The number of thiazole rings is 2. The quantitative estimate of drug-likeness (QED) is 0.433. The van der Waals surface area contributed by atoms with Crippen LogP contribution in [0.5, 0.6) is 0 Å². The summed E-state index contributed by atoms with van der Waals surface area (Å²) in [6.45, 7) is 6.78. The molecule has 0 unspecified atom stereocenters. The number of carbonyl (C=O) groups is 1. The molecular formula is C23H24N4O2S2. The van der Waals surface area contributed by atoms with Crippen molar-refractivity contribution in [2.24, 2.45) is 0 Å². The van der Waals surface area contributed by atoms with Crippen molar-refractivity contribution < 1.29 is 9.53 Å². The van der Waals surface area contributed by atoms with Crippen LogP contribution in [0.3, 0.4) is 0 Å². The van der Waals surface area contributed by atoms with Crippen LogP contribution in [0.15, 0.2) is 42.5 Å². The number of carbonyl (C=O) groups excluding carboxylic acids is 1. The number of anilines is 1. The van der Waals surface area contributed by atoms with Gasteiger partial charge in [-0.3, -0.25) is 14.6 Å². The molecule has 6 nitrogen and oxygen atoms in total. The molecule has 31 heavy (non-hydrogen) atoms. The first-order chi connectivity index (χ1) is 15.2. The first-order valence-corrected chi connectivity index (χ1v) is 12.2. The average molecular weight is 453 g/mol. The fourth-order valence-corrected chi connectivity index (χ4v) is 5.69. The van der Waals surface area contributed by atoms with E-state index in [-0.39, 0.29) is 5.91 Å². The van der Waals surface area contributed by atoms with Crippen LogP contribution in [0.4, 0.5) is 5.13 Å². The fourth-order valence-electron chi connectivity index (χ4n) is 3.72. The lowest BCUT2D eigenvalue weighted by atomic mass is 10.2. The van der Waals surface area contributed by atoms with E-state index in [2.05, 4.69) is 35.0 Å². The van der Waals surface area contributed by atoms with Gasteiger partial charge in [-0.25, -0.2) is 9.97 Å². The number of aromatic nitrogens is 2. The molecule has 4 aromatic rings. The van der Waals surface area contributed by atoms with Crippen LogP contribution >= 0.6 is 22.7 Å². The Morgan fingerprint density at radius 3 is 2.68 bits per heavy atom. The number of amides is 1. The van der Waals surface area contributed by atoms with E-state index in [1.54, 1.807) is 11.3 Å². The number of fused-ring (bicyclic) bond motifs is 2. The van der Waals surface area contributed by atoms with Gasteiger partial charge in [-0.05, 0) is 36.2 Å². The predicted molar refractivity (Wildman–Crippen MR) is 128 cm³/mol. The van der Waals surface area contributed by atoms with Crippen LogP contribution in [0, 0.1) is 0 Å². The van der Waals surface area contributed by atoms with Gasteiger partial charge in [0, 0.05) is 26.2 Å². The van der Waals surface area contributed by atoms with Gasteiger partial charge < -0.3 is 4.74 Å². The summed E-state index contributed by atoms with van der Waals surface area (Å²) in [6.07, 6.45) is 0.981. The van der Waals surface area contributed by atoms with Crippen molar-refractivity contribution in [3.63, 3.8) is 0 Å². The van der Waals surface area contributed by atoms with Gasteiger partial charge in [0.15, 0.2) is 10.1 Å². The van der Waals surface area contributed by atoms with E-state index >= 15 is 0 Å². The number of aryl methyl sites for hydroxylation is 1. The van der Waals surface area contributed by atoms with Crippen molar-refractivity contribution in [2.75, 3.05) is 44.3 Å². The summed E-state index contributed by atoms with van der Waals surface area (Å²) in [5.41, 5.74) is 3.08. The van der Waals surface area contributed by atoms with Crippen molar-refractivity contribution in [1.82, 2.24) is 14.9 Å². The molecule has 1 aliphatic heterocycles. The number of para-hydroxylation sites is 1. The van der Waals surface area contributed by atoms with E-state index in [1.807, 2.05) is 29.2 Å². The molecule has 0 aliphatic carbocycles. The van der Waals surface area contributed by atoms with Gasteiger partial charge in [0.1, 0.15) is 0 Å². The molecule has 5 rings (SSSR count). The fraction of sp³-hybridized carbons (Fsp3) is 0.348. The zero-order chi connectivity index (χ0) is 21.2. The van der Waals surface area contributed by atoms with Gasteiger partial charge in [0.05, 0.1) is 33.6 Å². The largest absolute Gasteiger partial charge is 0.379 e. The standard InChI is InChI=1S/C23H24N4O2S2/c1-2-16-7-8-18-20(15-16)31-23(25-18)27(10-9-26-11-13-29-14-12-26)22(28)21-24-17-5-3-4-6-19(17)30-21/h3-8,15H,2,9-14H2,1H3. The molecule has 0 radical (unpaired) electrons. The molecule has 0 bridgehead atoms. The maximum absolute atomic E-state index is 13.6. The van der Waals surface area contributed by atoms with Crippen LogP contribution in [-0.4, -0.2) is 60.2 Å². The second-order valence-corrected chi connectivity index (χ2v) is 9.59. The topological polar surface area (TPSA) is 58.6 Å². The van der Waals surface area contributed by atoms with Crippen molar-refractivity contribution >= 4 is 54.1 Å². The number of benzene rings is 2. The van der Waals surface area contributed by atoms with E-state index in [0.717, 1.165) is 64.8 Å². The highest BCUT2D eigenvalue weighted by atomic mass is 32.1. The normalized spacial score (nSPS) is 15.0. The predicted octanol–water partition coefficient (Wildman–Crippen LogP) is 4.45. The summed E-state index contributed by atoms with van der Waals surface area (Å²) in [6, 6.07) is 14.2. The van der Waals surface area contributed by atoms with E-state index < -0.39 is 0 Å². The minimum Gasteiger partial charge on any atom is -0.379 e. The monoisotopic (exact) mass is 452 g/mol. The first-order valence-electron chi connectivity index (χ1n) is 10.6. The van der Waals surface area contributed by atoms with Gasteiger partial charge in [0.25, 0.3) is 5.91 Å². The molecule has 160 valence electrons. The van der Waals surface area contributed by atoms with Crippen LogP contribution in [0.25, 0.3) is 20.4 Å². The molecule has 3 heterocycles. The number of nitrogens with zero attached hydrogens (tertiary/aromatic N) is 4. The molecule has 2 aromatic carbocycles. The van der Waals surface area contributed by atoms with Crippen molar-refractivity contribution in [3.8, 4) is 0 Å². The molecule has 8 heteroatoms. The molecule has 0 spiro atoms. The Morgan fingerprint density at radius 1 is 1.06 bits per heavy atom. The van der Waals surface area contributed by atoms with Gasteiger partial charge in [-0.1, -0.05) is 36.5 Å². The highest BCUT2D eigenvalue weighted by molar-refractivity contribution is 7.23. The molecule has 1 saturated heterocycles. The van der Waals surface area contributed by atoms with Crippen LogP contribution in [0.2, 0.25) is 0 Å². The van der Waals surface area contributed by atoms with E-state index in [9.17, 15) is 4.79 Å². The van der Waals surface area contributed by atoms with E-state index in [0.29, 0.717) is 11.6 Å². The maximum Gasteiger partial charge on any atom is 0.289 e. The first kappa shape index (κ1) is 20.5. The van der Waals surface area contributed by atoms with Gasteiger partial charge >= 0.3 is 0 Å². The van der Waals surface area contributed by atoms with Gasteiger partial charge in [0.2, 0.25) is 0 Å². The number of morpholine rings is 1. The minimum absolute atomic E-state index is 0.0794. The van der Waals surface area contributed by atoms with Crippen LogP contribution in [0.1, 0.15) is 22.3 Å². The van der Waals surface area contributed by atoms with Crippen LogP contribution in [-0.2, 0) is 11.2 Å². The van der Waals surface area contributed by atoms with E-state index in [4.69, 9.17) is 9.72 Å². The summed E-state index contributed by atoms with van der Waals surface area (Å²) < 4.78 is 7.60. The summed E-state index contributed by atoms with van der Waals surface area (Å²) in [5.74, 6) is -0.0794. The summed E-state index contributed by atoms with van der Waals surface area (Å²) in [5, 5.41) is 1.25. The Morgan fingerprint density at radius 2 is 1.87 bits per heavy atom. The highest BCUT2D eigenvalue weighted by Crippen LogP contribution is 2.32. The summed E-state index contributed by atoms with van der Waals surface area (Å²) in [7, 11) is 0. The molecule has 1 fully saturated rings. The zero-order valence-electron chi connectivity index (χ0n) is 17.4. The Bertz CT molecular complexity index is 1180. The Balaban J connectivity index is 1.47. The second-order valence-electron chi connectivity index (χ2n) is 7.55. The lowest BCUT2D eigenvalue weighted by Crippen LogP contribution is -2.43. The summed E-state index contributed by atoms with van der Waals surface area (Å²) >= 11 is 3.02. The average Bonchev–Trinajstić information content (AvgIpc) is 3.43. The Labute approximate surface area is 189 Å². The second kappa shape index (κ2) is 9.00. The molecular weight excluding hydrogens is 428 g/mol. The molecule has 1 amide bonds. The number of ether oxygens (including phenoxy) is 1. The van der Waals surface area contributed by atoms with Crippen LogP contribution < -0.4 is 4.90 Å². The maximum atomic E-state index is 13.6. The van der Waals surface area contributed by atoms with Crippen molar-refractivity contribution in [3.05, 3.63) is 53.0 Å².